The summed E-state index contributed by atoms with van der Waals surface area (Å²) in [6, 6.07) is 7.85. The van der Waals surface area contributed by atoms with Gasteiger partial charge < -0.3 is 5.32 Å². The topological polar surface area (TPSA) is 52.7 Å². The second-order valence-corrected chi connectivity index (χ2v) is 8.42. The van der Waals surface area contributed by atoms with Crippen LogP contribution in [0.15, 0.2) is 48.5 Å². The van der Waals surface area contributed by atoms with E-state index in [4.69, 9.17) is 0 Å². The van der Waals surface area contributed by atoms with Gasteiger partial charge in [0.25, 0.3) is 0 Å². The van der Waals surface area contributed by atoms with E-state index in [0.717, 1.165) is 25.0 Å². The van der Waals surface area contributed by atoms with E-state index in [9.17, 15) is 35.9 Å². The lowest BCUT2D eigenvalue weighted by molar-refractivity contribution is -0.158. The highest BCUT2D eigenvalue weighted by Gasteiger charge is 2.49. The smallest absolute Gasteiger partial charge is 0.324 e. The van der Waals surface area contributed by atoms with Gasteiger partial charge in [-0.25, -0.2) is 0 Å². The molecule has 0 saturated heterocycles. The molecule has 2 amide bonds. The third kappa shape index (κ3) is 5.35. The van der Waals surface area contributed by atoms with Gasteiger partial charge in [-0.05, 0) is 42.7 Å². The largest absolute Gasteiger partial charge is 0.416 e. The molecule has 11 heteroatoms. The number of carbonyl (C=O) groups is 2. The molecule has 1 unspecified atom stereocenters. The maximum absolute atomic E-state index is 13.9. The molecule has 1 aliphatic heterocycles. The predicted octanol–water partition coefficient (Wildman–Crippen LogP) is 4.98. The number of rotatable bonds is 5. The second kappa shape index (κ2) is 8.94. The summed E-state index contributed by atoms with van der Waals surface area (Å²) in [5.74, 6) is -1.70. The van der Waals surface area contributed by atoms with Crippen LogP contribution in [0.5, 0.6) is 0 Å². The number of amides is 2. The van der Waals surface area contributed by atoms with Gasteiger partial charge in [-0.15, -0.1) is 0 Å². The molecule has 0 bridgehead atoms. The SMILES string of the molecule is O=C1CC(C(F)(F)F)N(C(=O)CN(Cc2ccc(C(F)(F)F)cc2)C2CC2)c2ccccc2N1. The van der Waals surface area contributed by atoms with Crippen molar-refractivity contribution < 1.29 is 35.9 Å². The second-order valence-electron chi connectivity index (χ2n) is 8.42. The molecular weight excluding hydrogens is 464 g/mol. The highest BCUT2D eigenvalue weighted by Crippen LogP contribution is 2.38. The van der Waals surface area contributed by atoms with Crippen molar-refractivity contribution in [2.24, 2.45) is 0 Å². The highest BCUT2D eigenvalue weighted by atomic mass is 19.4. The number of anilines is 2. The molecule has 4 rings (SSSR count). The van der Waals surface area contributed by atoms with Crippen molar-refractivity contribution in [1.29, 1.82) is 0 Å². The Kier molecular flexibility index (Phi) is 6.32. The number of fused-ring (bicyclic) bond motifs is 1. The first-order valence-electron chi connectivity index (χ1n) is 10.6. The van der Waals surface area contributed by atoms with Crippen LogP contribution in [0.3, 0.4) is 0 Å². The van der Waals surface area contributed by atoms with E-state index in [1.165, 1.54) is 36.4 Å². The molecule has 5 nitrogen and oxygen atoms in total. The number of halogens is 6. The van der Waals surface area contributed by atoms with Crippen molar-refractivity contribution in [2.45, 2.75) is 50.2 Å². The van der Waals surface area contributed by atoms with Gasteiger partial charge in [0, 0.05) is 12.6 Å². The molecular formula is C23H21F6N3O2. The number of alkyl halides is 6. The van der Waals surface area contributed by atoms with E-state index >= 15 is 0 Å². The third-order valence-electron chi connectivity index (χ3n) is 5.84. The Hall–Kier alpha value is -3.08. The molecule has 0 radical (unpaired) electrons. The molecule has 1 atom stereocenters. The van der Waals surface area contributed by atoms with E-state index in [0.29, 0.717) is 10.5 Å². The van der Waals surface area contributed by atoms with Crippen LogP contribution in [0.25, 0.3) is 0 Å². The number of benzene rings is 2. The Morgan fingerprint density at radius 2 is 1.65 bits per heavy atom. The van der Waals surface area contributed by atoms with Crippen LogP contribution in [0.1, 0.15) is 30.4 Å². The Labute approximate surface area is 191 Å². The molecule has 2 aromatic carbocycles. The quantitative estimate of drug-likeness (QED) is 0.609. The molecule has 2 aromatic rings. The summed E-state index contributed by atoms with van der Waals surface area (Å²) in [4.78, 5) is 27.7. The molecule has 1 fully saturated rings. The van der Waals surface area contributed by atoms with Gasteiger partial charge in [0.1, 0.15) is 6.04 Å². The van der Waals surface area contributed by atoms with Gasteiger partial charge in [0.05, 0.1) is 29.9 Å². The zero-order chi connectivity index (χ0) is 24.7. The minimum Gasteiger partial charge on any atom is -0.324 e. The van der Waals surface area contributed by atoms with Gasteiger partial charge >= 0.3 is 12.4 Å². The highest BCUT2D eigenvalue weighted by molar-refractivity contribution is 6.05. The summed E-state index contributed by atoms with van der Waals surface area (Å²) in [7, 11) is 0. The summed E-state index contributed by atoms with van der Waals surface area (Å²) in [6.45, 7) is -0.265. The summed E-state index contributed by atoms with van der Waals surface area (Å²) >= 11 is 0. The average Bonchev–Trinajstić information content (AvgIpc) is 3.59. The third-order valence-corrected chi connectivity index (χ3v) is 5.84. The standard InChI is InChI=1S/C23H21F6N3O2/c24-22(25,26)15-7-5-14(6-8-15)12-31(16-9-10-16)13-21(34)32-18-4-2-1-3-17(18)30-20(33)11-19(32)23(27,28)29/h1-8,16,19H,9-13H2,(H,30,33). The number of nitrogens with zero attached hydrogens (tertiary/aromatic N) is 2. The van der Waals surface area contributed by atoms with Crippen LogP contribution in [0, 0.1) is 0 Å². The number of para-hydroxylation sites is 2. The molecule has 34 heavy (non-hydrogen) atoms. The summed E-state index contributed by atoms with van der Waals surface area (Å²) in [5, 5.41) is 2.42. The molecule has 1 heterocycles. The fraction of sp³-hybridized carbons (Fsp3) is 0.391. The normalized spacial score (nSPS) is 19.0. The summed E-state index contributed by atoms with van der Waals surface area (Å²) in [6.07, 6.45) is -8.81. The van der Waals surface area contributed by atoms with Crippen LogP contribution in [-0.4, -0.2) is 41.5 Å². The fourth-order valence-corrected chi connectivity index (χ4v) is 4.03. The lowest BCUT2D eigenvalue weighted by Crippen LogP contribution is -2.52. The van der Waals surface area contributed by atoms with Crippen molar-refractivity contribution in [1.82, 2.24) is 4.90 Å². The number of carbonyl (C=O) groups excluding carboxylic acids is 2. The van der Waals surface area contributed by atoms with Gasteiger partial charge in [-0.2, -0.15) is 26.3 Å². The van der Waals surface area contributed by atoms with Crippen molar-refractivity contribution in [3.05, 3.63) is 59.7 Å². The van der Waals surface area contributed by atoms with Gasteiger partial charge in [-0.1, -0.05) is 24.3 Å². The minimum absolute atomic E-state index is 0.0500. The molecule has 1 saturated carbocycles. The van der Waals surface area contributed by atoms with E-state index in [-0.39, 0.29) is 30.5 Å². The monoisotopic (exact) mass is 485 g/mol. The Morgan fingerprint density at radius 3 is 2.24 bits per heavy atom. The predicted molar refractivity (Wildman–Crippen MR) is 112 cm³/mol. The Bertz CT molecular complexity index is 1060. The van der Waals surface area contributed by atoms with Crippen LogP contribution >= 0.6 is 0 Å². The fourth-order valence-electron chi connectivity index (χ4n) is 4.03. The van der Waals surface area contributed by atoms with Crippen LogP contribution in [0.4, 0.5) is 37.7 Å². The number of hydrogen-bond donors (Lipinski definition) is 1. The average molecular weight is 485 g/mol. The Morgan fingerprint density at radius 1 is 1.00 bits per heavy atom. The lowest BCUT2D eigenvalue weighted by atomic mass is 10.1. The first-order valence-corrected chi connectivity index (χ1v) is 10.6. The van der Waals surface area contributed by atoms with E-state index < -0.39 is 42.2 Å². The maximum atomic E-state index is 13.9. The molecule has 1 N–H and O–H groups in total. The number of hydrogen-bond acceptors (Lipinski definition) is 3. The van der Waals surface area contributed by atoms with E-state index in [1.54, 1.807) is 4.90 Å². The van der Waals surface area contributed by atoms with Crippen molar-refractivity contribution in [3.63, 3.8) is 0 Å². The first-order chi connectivity index (χ1) is 15.9. The zero-order valence-electron chi connectivity index (χ0n) is 17.8. The van der Waals surface area contributed by atoms with E-state index in [2.05, 4.69) is 5.32 Å². The van der Waals surface area contributed by atoms with Gasteiger partial charge in [0.2, 0.25) is 11.8 Å². The van der Waals surface area contributed by atoms with Gasteiger partial charge in [0.15, 0.2) is 0 Å². The number of nitrogens with one attached hydrogen (secondary N) is 1. The van der Waals surface area contributed by atoms with E-state index in [1.807, 2.05) is 0 Å². The van der Waals surface area contributed by atoms with Crippen LogP contribution < -0.4 is 10.2 Å². The minimum atomic E-state index is -4.84. The zero-order valence-corrected chi connectivity index (χ0v) is 17.8. The Balaban J connectivity index is 1.59. The summed E-state index contributed by atoms with van der Waals surface area (Å²) in [5.41, 5.74) is -0.246. The molecule has 182 valence electrons. The van der Waals surface area contributed by atoms with Crippen LogP contribution in [-0.2, 0) is 22.3 Å². The molecule has 0 spiro atoms. The van der Waals surface area contributed by atoms with Gasteiger partial charge in [-0.3, -0.25) is 19.4 Å². The van der Waals surface area contributed by atoms with Crippen molar-refractivity contribution >= 4 is 23.2 Å². The first kappa shape index (κ1) is 24.1. The summed E-state index contributed by atoms with van der Waals surface area (Å²) < 4.78 is 80.2. The molecule has 1 aliphatic carbocycles. The molecule has 0 aromatic heterocycles. The van der Waals surface area contributed by atoms with Crippen molar-refractivity contribution in [3.8, 4) is 0 Å². The lowest BCUT2D eigenvalue weighted by Gasteiger charge is -2.33. The van der Waals surface area contributed by atoms with Crippen LogP contribution in [0.2, 0.25) is 0 Å². The maximum Gasteiger partial charge on any atom is 0.416 e. The molecule has 2 aliphatic rings. The van der Waals surface area contributed by atoms with Crippen molar-refractivity contribution in [2.75, 3.05) is 16.8 Å².